The third kappa shape index (κ3) is 4.00. The van der Waals surface area contributed by atoms with Crippen LogP contribution in [0.5, 0.6) is 0 Å². The molecule has 1 saturated heterocycles. The fraction of sp³-hybridized carbons (Fsp3) is 0.455. The van der Waals surface area contributed by atoms with Crippen molar-refractivity contribution in [3.63, 3.8) is 0 Å². The first-order valence-electron chi connectivity index (χ1n) is 10.4. The number of aromatic nitrogens is 4. The number of hydrogen-bond donors (Lipinski definition) is 0. The minimum atomic E-state index is 0.0819. The number of fused-ring (bicyclic) bond motifs is 1. The standard InChI is InChI=1S/C22H26N6O/c1-16-23-7-6-18(25-16)14-26-8-10-27(11-9-26)19-4-5-20-21(12-19)24-15-28(22(20)29)13-17-2-3-17/h4-7,12,15,17H,2-3,8-11,13-14H2,1H3. The van der Waals surface area contributed by atoms with Gasteiger partial charge in [0.2, 0.25) is 0 Å². The van der Waals surface area contributed by atoms with E-state index in [1.807, 2.05) is 25.3 Å². The number of benzene rings is 1. The van der Waals surface area contributed by atoms with E-state index in [0.29, 0.717) is 5.92 Å². The molecule has 29 heavy (non-hydrogen) atoms. The van der Waals surface area contributed by atoms with Gasteiger partial charge in [-0.25, -0.2) is 15.0 Å². The largest absolute Gasteiger partial charge is 0.369 e. The highest BCUT2D eigenvalue weighted by atomic mass is 16.1. The van der Waals surface area contributed by atoms with Crippen molar-refractivity contribution in [2.24, 2.45) is 5.92 Å². The van der Waals surface area contributed by atoms with Gasteiger partial charge in [0.1, 0.15) is 5.82 Å². The van der Waals surface area contributed by atoms with Gasteiger partial charge in [0.05, 0.1) is 22.9 Å². The van der Waals surface area contributed by atoms with Crippen LogP contribution in [0.25, 0.3) is 10.9 Å². The van der Waals surface area contributed by atoms with E-state index in [1.165, 1.54) is 12.8 Å². The zero-order chi connectivity index (χ0) is 19.8. The highest BCUT2D eigenvalue weighted by Crippen LogP contribution is 2.30. The second-order valence-electron chi connectivity index (χ2n) is 8.21. The number of hydrogen-bond acceptors (Lipinski definition) is 6. The first-order chi connectivity index (χ1) is 14.2. The lowest BCUT2D eigenvalue weighted by atomic mass is 10.2. The van der Waals surface area contributed by atoms with E-state index < -0.39 is 0 Å². The molecule has 0 bridgehead atoms. The molecule has 2 aromatic heterocycles. The molecule has 2 fully saturated rings. The van der Waals surface area contributed by atoms with Crippen LogP contribution in [-0.2, 0) is 13.1 Å². The summed E-state index contributed by atoms with van der Waals surface area (Å²) in [7, 11) is 0. The SMILES string of the molecule is Cc1nccc(CN2CCN(c3ccc4c(=O)n(CC5CC5)cnc4c3)CC2)n1. The maximum Gasteiger partial charge on any atom is 0.261 e. The third-order valence-corrected chi connectivity index (χ3v) is 5.92. The smallest absolute Gasteiger partial charge is 0.261 e. The summed E-state index contributed by atoms with van der Waals surface area (Å²) in [6, 6.07) is 8.06. The summed E-state index contributed by atoms with van der Waals surface area (Å²) >= 11 is 0. The summed E-state index contributed by atoms with van der Waals surface area (Å²) in [5.74, 6) is 1.48. The number of aryl methyl sites for hydroxylation is 1. The van der Waals surface area contributed by atoms with Crippen LogP contribution in [0.2, 0.25) is 0 Å². The van der Waals surface area contributed by atoms with Crippen molar-refractivity contribution >= 4 is 16.6 Å². The maximum absolute atomic E-state index is 12.7. The van der Waals surface area contributed by atoms with Gasteiger partial charge in [-0.1, -0.05) is 0 Å². The Bertz CT molecular complexity index is 1080. The fourth-order valence-corrected chi connectivity index (χ4v) is 4.04. The van der Waals surface area contributed by atoms with Gasteiger partial charge in [-0.2, -0.15) is 0 Å². The van der Waals surface area contributed by atoms with Crippen molar-refractivity contribution in [3.05, 3.63) is 58.7 Å². The van der Waals surface area contributed by atoms with E-state index in [1.54, 1.807) is 10.9 Å². The predicted molar refractivity (Wildman–Crippen MR) is 113 cm³/mol. The molecule has 1 aliphatic heterocycles. The summed E-state index contributed by atoms with van der Waals surface area (Å²) in [5.41, 5.74) is 3.09. The Kier molecular flexibility index (Phi) is 4.75. The summed E-state index contributed by atoms with van der Waals surface area (Å²) < 4.78 is 1.77. The van der Waals surface area contributed by atoms with Gasteiger partial charge in [-0.15, -0.1) is 0 Å². The molecule has 1 saturated carbocycles. The average Bonchev–Trinajstić information content (AvgIpc) is 3.55. The minimum Gasteiger partial charge on any atom is -0.369 e. The molecule has 2 aliphatic rings. The van der Waals surface area contributed by atoms with Crippen molar-refractivity contribution in [1.29, 1.82) is 0 Å². The van der Waals surface area contributed by atoms with E-state index in [9.17, 15) is 4.79 Å². The van der Waals surface area contributed by atoms with E-state index in [2.05, 4.69) is 36.9 Å². The van der Waals surface area contributed by atoms with Gasteiger partial charge < -0.3 is 4.90 Å². The van der Waals surface area contributed by atoms with E-state index in [4.69, 9.17) is 0 Å². The van der Waals surface area contributed by atoms with Crippen LogP contribution in [0.3, 0.4) is 0 Å². The molecule has 1 aliphatic carbocycles. The van der Waals surface area contributed by atoms with Crippen LogP contribution in [0.15, 0.2) is 41.6 Å². The van der Waals surface area contributed by atoms with E-state index in [-0.39, 0.29) is 5.56 Å². The molecule has 0 N–H and O–H groups in total. The van der Waals surface area contributed by atoms with Crippen molar-refractivity contribution < 1.29 is 0 Å². The van der Waals surface area contributed by atoms with Gasteiger partial charge >= 0.3 is 0 Å². The molecule has 0 amide bonds. The van der Waals surface area contributed by atoms with E-state index in [0.717, 1.165) is 67.4 Å². The third-order valence-electron chi connectivity index (χ3n) is 5.92. The van der Waals surface area contributed by atoms with Crippen LogP contribution in [0.1, 0.15) is 24.4 Å². The fourth-order valence-electron chi connectivity index (χ4n) is 4.04. The molecule has 7 nitrogen and oxygen atoms in total. The molecule has 1 aromatic carbocycles. The summed E-state index contributed by atoms with van der Waals surface area (Å²) in [6.07, 6.45) is 6.00. The van der Waals surface area contributed by atoms with Crippen LogP contribution < -0.4 is 10.5 Å². The first-order valence-corrected chi connectivity index (χ1v) is 10.4. The van der Waals surface area contributed by atoms with Crippen LogP contribution in [0.4, 0.5) is 5.69 Å². The molecular weight excluding hydrogens is 364 g/mol. The summed E-state index contributed by atoms with van der Waals surface area (Å²) in [6.45, 7) is 7.46. The summed E-state index contributed by atoms with van der Waals surface area (Å²) in [4.78, 5) is 30.8. The Morgan fingerprint density at radius 1 is 1.07 bits per heavy atom. The first kappa shape index (κ1) is 18.2. The number of piperazine rings is 1. The van der Waals surface area contributed by atoms with Crippen molar-refractivity contribution in [1.82, 2.24) is 24.4 Å². The minimum absolute atomic E-state index is 0.0819. The van der Waals surface area contributed by atoms with Crippen molar-refractivity contribution in [2.45, 2.75) is 32.9 Å². The molecule has 7 heteroatoms. The van der Waals surface area contributed by atoms with Gasteiger partial charge in [0.15, 0.2) is 0 Å². The van der Waals surface area contributed by atoms with Gasteiger partial charge in [0, 0.05) is 51.2 Å². The molecule has 0 unspecified atom stereocenters. The molecule has 5 rings (SSSR count). The van der Waals surface area contributed by atoms with Crippen LogP contribution in [0, 0.1) is 12.8 Å². The number of anilines is 1. The Labute approximate surface area is 170 Å². The molecule has 150 valence electrons. The van der Waals surface area contributed by atoms with Crippen LogP contribution >= 0.6 is 0 Å². The molecule has 0 atom stereocenters. The lowest BCUT2D eigenvalue weighted by molar-refractivity contribution is 0.247. The highest BCUT2D eigenvalue weighted by Gasteiger charge is 2.23. The molecule has 3 aromatic rings. The Balaban J connectivity index is 1.27. The Morgan fingerprint density at radius 2 is 1.90 bits per heavy atom. The molecule has 3 heterocycles. The average molecular weight is 390 g/mol. The Hall–Kier alpha value is -2.80. The van der Waals surface area contributed by atoms with Gasteiger partial charge in [-0.05, 0) is 49.9 Å². The lowest BCUT2D eigenvalue weighted by Crippen LogP contribution is -2.46. The molecular formula is C22H26N6O. The van der Waals surface area contributed by atoms with Crippen molar-refractivity contribution in [2.75, 3.05) is 31.1 Å². The quantitative estimate of drug-likeness (QED) is 0.666. The lowest BCUT2D eigenvalue weighted by Gasteiger charge is -2.36. The highest BCUT2D eigenvalue weighted by molar-refractivity contribution is 5.81. The normalized spacial score (nSPS) is 17.8. The van der Waals surface area contributed by atoms with Crippen molar-refractivity contribution in [3.8, 4) is 0 Å². The molecule has 0 radical (unpaired) electrons. The number of nitrogens with zero attached hydrogens (tertiary/aromatic N) is 6. The second kappa shape index (κ2) is 7.55. The maximum atomic E-state index is 12.7. The monoisotopic (exact) mass is 390 g/mol. The topological polar surface area (TPSA) is 67.2 Å². The predicted octanol–water partition coefficient (Wildman–Crippen LogP) is 2.23. The van der Waals surface area contributed by atoms with Gasteiger partial charge in [0.25, 0.3) is 5.56 Å². The number of rotatable bonds is 5. The zero-order valence-corrected chi connectivity index (χ0v) is 16.8. The zero-order valence-electron chi connectivity index (χ0n) is 16.8. The van der Waals surface area contributed by atoms with Gasteiger partial charge in [-0.3, -0.25) is 14.3 Å². The summed E-state index contributed by atoms with van der Waals surface area (Å²) in [5, 5.41) is 0.717. The molecule has 0 spiro atoms. The van der Waals surface area contributed by atoms with E-state index >= 15 is 0 Å². The second-order valence-corrected chi connectivity index (χ2v) is 8.21. The van der Waals surface area contributed by atoms with Crippen LogP contribution in [-0.4, -0.2) is 50.6 Å². The Morgan fingerprint density at radius 3 is 2.66 bits per heavy atom.